The molecule has 2 atom stereocenters. The van der Waals surface area contributed by atoms with Gasteiger partial charge in [-0.1, -0.05) is 48.5 Å². The van der Waals surface area contributed by atoms with Crippen LogP contribution >= 0.6 is 0 Å². The van der Waals surface area contributed by atoms with Crippen molar-refractivity contribution in [1.29, 1.82) is 0 Å². The molecule has 0 aliphatic carbocycles. The van der Waals surface area contributed by atoms with Gasteiger partial charge in [0, 0.05) is 28.6 Å². The summed E-state index contributed by atoms with van der Waals surface area (Å²) in [6.07, 6.45) is 0.851. The zero-order chi connectivity index (χ0) is 25.0. The molecule has 3 aromatic carbocycles. The number of aromatic amines is 1. The minimum atomic E-state index is -0.257. The van der Waals surface area contributed by atoms with Gasteiger partial charge in [0.15, 0.2) is 0 Å². The molecule has 2 N–H and O–H groups in total. The number of aromatic nitrogens is 1. The summed E-state index contributed by atoms with van der Waals surface area (Å²) in [7, 11) is 0. The first kappa shape index (κ1) is 22.4. The predicted octanol–water partition coefficient (Wildman–Crippen LogP) is 3.45. The number of imide groups is 1. The Morgan fingerprint density at radius 3 is 2.42 bits per heavy atom. The minimum absolute atomic E-state index is 0.0735. The number of quaternary nitrogens is 1. The molecule has 0 bridgehead atoms. The summed E-state index contributed by atoms with van der Waals surface area (Å²) in [5, 5.41) is 0.941. The monoisotopic (exact) mass is 478 g/mol. The van der Waals surface area contributed by atoms with Gasteiger partial charge < -0.3 is 9.88 Å². The van der Waals surface area contributed by atoms with Crippen LogP contribution in [-0.2, 0) is 6.42 Å². The Kier molecular flexibility index (Phi) is 5.34. The quantitative estimate of drug-likeness (QED) is 0.341. The lowest BCUT2D eigenvalue weighted by molar-refractivity contribution is -0.925. The van der Waals surface area contributed by atoms with E-state index < -0.39 is 0 Å². The maximum absolute atomic E-state index is 13.7. The molecule has 0 fully saturated rings. The number of aryl methyl sites for hydroxylation is 2. The molecular weight excluding hydrogens is 450 g/mol. The second kappa shape index (κ2) is 8.57. The maximum atomic E-state index is 13.7. The Morgan fingerprint density at radius 1 is 0.972 bits per heavy atom. The van der Waals surface area contributed by atoms with Crippen molar-refractivity contribution in [2.45, 2.75) is 26.3 Å². The number of Topliss-reactive ketones (excluding diaryl/α,β-unsaturated/α-hetero) is 1. The van der Waals surface area contributed by atoms with Gasteiger partial charge in [0.25, 0.3) is 11.8 Å². The number of nitrogens with zero attached hydrogens (tertiary/aromatic N) is 1. The Hall–Kier alpha value is -4.03. The van der Waals surface area contributed by atoms with Gasteiger partial charge in [-0.2, -0.15) is 0 Å². The van der Waals surface area contributed by atoms with Crippen molar-refractivity contribution in [2.24, 2.45) is 0 Å². The van der Waals surface area contributed by atoms with E-state index in [4.69, 9.17) is 0 Å². The molecule has 6 nitrogen and oxygen atoms in total. The van der Waals surface area contributed by atoms with E-state index in [1.807, 2.05) is 38.1 Å². The van der Waals surface area contributed by atoms with Crippen molar-refractivity contribution in [1.82, 2.24) is 9.88 Å². The molecule has 0 spiro atoms. The third-order valence-electron chi connectivity index (χ3n) is 7.69. The van der Waals surface area contributed by atoms with Crippen LogP contribution in [0.25, 0.3) is 10.9 Å². The van der Waals surface area contributed by atoms with Crippen LogP contribution in [0.2, 0.25) is 0 Å². The van der Waals surface area contributed by atoms with Crippen LogP contribution in [0.1, 0.15) is 59.5 Å². The SMILES string of the molecule is Cc1ccc2c(C(=O)C[NH+]3CCc4ccccc4[C@H]3CN3C(=O)c4ccccc4C3=O)c(C)[nH]c2c1. The number of rotatable bonds is 5. The molecule has 0 radical (unpaired) electrons. The molecular formula is C30H28N3O3+. The molecule has 6 heteroatoms. The van der Waals surface area contributed by atoms with Crippen molar-refractivity contribution in [2.75, 3.05) is 19.6 Å². The largest absolute Gasteiger partial charge is 0.358 e. The van der Waals surface area contributed by atoms with Crippen LogP contribution in [0.15, 0.2) is 66.7 Å². The predicted molar refractivity (Wildman–Crippen MR) is 137 cm³/mol. The number of amides is 2. The number of carbonyl (C=O) groups is 3. The molecule has 3 heterocycles. The van der Waals surface area contributed by atoms with Crippen LogP contribution in [0.5, 0.6) is 0 Å². The molecule has 1 unspecified atom stereocenters. The number of benzene rings is 3. The van der Waals surface area contributed by atoms with Gasteiger partial charge >= 0.3 is 0 Å². The van der Waals surface area contributed by atoms with E-state index in [1.165, 1.54) is 10.5 Å². The van der Waals surface area contributed by atoms with Crippen molar-refractivity contribution in [3.05, 3.63) is 106 Å². The second-order valence-electron chi connectivity index (χ2n) is 9.95. The average molecular weight is 479 g/mol. The zero-order valence-electron chi connectivity index (χ0n) is 20.4. The third kappa shape index (κ3) is 3.57. The number of hydrogen-bond acceptors (Lipinski definition) is 3. The summed E-state index contributed by atoms with van der Waals surface area (Å²) in [5.41, 5.74) is 6.94. The van der Waals surface area contributed by atoms with Gasteiger partial charge in [0.2, 0.25) is 5.78 Å². The fourth-order valence-electron chi connectivity index (χ4n) is 5.92. The van der Waals surface area contributed by atoms with Crippen molar-refractivity contribution < 1.29 is 19.3 Å². The Bertz CT molecular complexity index is 1520. The van der Waals surface area contributed by atoms with Gasteiger partial charge in [-0.15, -0.1) is 0 Å². The Balaban J connectivity index is 1.33. The van der Waals surface area contributed by atoms with E-state index in [-0.39, 0.29) is 30.2 Å². The summed E-state index contributed by atoms with van der Waals surface area (Å²) in [4.78, 5) is 45.8. The van der Waals surface area contributed by atoms with Gasteiger partial charge in [0.05, 0.1) is 29.8 Å². The lowest BCUT2D eigenvalue weighted by atomic mass is 9.91. The van der Waals surface area contributed by atoms with Gasteiger partial charge in [0.1, 0.15) is 12.6 Å². The van der Waals surface area contributed by atoms with Crippen LogP contribution in [-0.4, -0.2) is 47.1 Å². The lowest BCUT2D eigenvalue weighted by Crippen LogP contribution is -3.14. The number of fused-ring (bicyclic) bond motifs is 3. The van der Waals surface area contributed by atoms with Crippen molar-refractivity contribution >= 4 is 28.5 Å². The number of H-pyrrole nitrogens is 1. The van der Waals surface area contributed by atoms with E-state index in [1.54, 1.807) is 24.3 Å². The minimum Gasteiger partial charge on any atom is -0.358 e. The molecule has 180 valence electrons. The van der Waals surface area contributed by atoms with Gasteiger partial charge in [-0.3, -0.25) is 19.3 Å². The fraction of sp³-hybridized carbons (Fsp3) is 0.233. The lowest BCUT2D eigenvalue weighted by Gasteiger charge is -2.35. The first-order chi connectivity index (χ1) is 17.4. The highest BCUT2D eigenvalue weighted by atomic mass is 16.2. The number of ketones is 1. The molecule has 2 aliphatic rings. The fourth-order valence-corrected chi connectivity index (χ4v) is 5.92. The molecule has 0 saturated heterocycles. The van der Waals surface area contributed by atoms with Crippen LogP contribution in [0, 0.1) is 13.8 Å². The molecule has 1 aromatic heterocycles. The third-order valence-corrected chi connectivity index (χ3v) is 7.69. The van der Waals surface area contributed by atoms with Gasteiger partial charge in [-0.25, -0.2) is 0 Å². The van der Waals surface area contributed by atoms with Gasteiger partial charge in [-0.05, 0) is 43.2 Å². The molecule has 0 saturated carbocycles. The topological polar surface area (TPSA) is 74.7 Å². The maximum Gasteiger partial charge on any atom is 0.261 e. The van der Waals surface area contributed by atoms with E-state index in [9.17, 15) is 14.4 Å². The molecule has 6 rings (SSSR count). The highest BCUT2D eigenvalue weighted by molar-refractivity contribution is 6.21. The summed E-state index contributed by atoms with van der Waals surface area (Å²) in [6.45, 7) is 5.29. The number of nitrogens with one attached hydrogen (secondary N) is 2. The number of carbonyl (C=O) groups excluding carboxylic acids is 3. The number of hydrogen-bond donors (Lipinski definition) is 2. The highest BCUT2D eigenvalue weighted by Gasteiger charge is 2.41. The van der Waals surface area contributed by atoms with Crippen molar-refractivity contribution in [3.8, 4) is 0 Å². The first-order valence-corrected chi connectivity index (χ1v) is 12.4. The smallest absolute Gasteiger partial charge is 0.261 e. The van der Waals surface area contributed by atoms with Crippen molar-refractivity contribution in [3.63, 3.8) is 0 Å². The van der Waals surface area contributed by atoms with E-state index in [0.717, 1.165) is 51.2 Å². The second-order valence-corrected chi connectivity index (χ2v) is 9.95. The summed E-state index contributed by atoms with van der Waals surface area (Å²) in [5.74, 6) is -0.441. The summed E-state index contributed by atoms with van der Waals surface area (Å²) in [6, 6.07) is 21.1. The molecule has 2 amide bonds. The molecule has 36 heavy (non-hydrogen) atoms. The molecule has 2 aliphatic heterocycles. The van der Waals surface area contributed by atoms with Crippen LogP contribution < -0.4 is 4.90 Å². The normalized spacial score (nSPS) is 19.0. The standard InChI is InChI=1S/C30H27N3O3/c1-18-11-12-24-25(15-18)31-19(2)28(24)27(34)17-32-14-13-20-7-3-4-8-21(20)26(32)16-33-29(35)22-9-5-6-10-23(22)30(33)36/h3-12,15,26,31H,13-14,16-17H2,1-2H3/p+1/t26-/m1/s1. The zero-order valence-corrected chi connectivity index (χ0v) is 20.4. The van der Waals surface area contributed by atoms with Crippen LogP contribution in [0.3, 0.4) is 0 Å². The van der Waals surface area contributed by atoms with E-state index >= 15 is 0 Å². The first-order valence-electron chi connectivity index (χ1n) is 12.4. The summed E-state index contributed by atoms with van der Waals surface area (Å²) < 4.78 is 0. The average Bonchev–Trinajstić information content (AvgIpc) is 3.33. The Labute approximate surface area is 209 Å². The highest BCUT2D eigenvalue weighted by Crippen LogP contribution is 2.28. The Morgan fingerprint density at radius 2 is 1.67 bits per heavy atom. The molecule has 4 aromatic rings. The summed E-state index contributed by atoms with van der Waals surface area (Å²) >= 11 is 0. The van der Waals surface area contributed by atoms with E-state index in [0.29, 0.717) is 17.7 Å². The van der Waals surface area contributed by atoms with Crippen LogP contribution in [0.4, 0.5) is 0 Å². The van der Waals surface area contributed by atoms with E-state index in [2.05, 4.69) is 23.2 Å².